The van der Waals surface area contributed by atoms with Gasteiger partial charge in [0.15, 0.2) is 0 Å². The second-order valence-electron chi connectivity index (χ2n) is 5.89. The van der Waals surface area contributed by atoms with E-state index in [1.165, 1.54) is 11.3 Å². The van der Waals surface area contributed by atoms with Gasteiger partial charge in [-0.3, -0.25) is 9.59 Å². The molecule has 1 aromatic carbocycles. The van der Waals surface area contributed by atoms with Gasteiger partial charge in [-0.1, -0.05) is 29.0 Å². The lowest BCUT2D eigenvalue weighted by Gasteiger charge is -2.36. The molecule has 1 fully saturated rings. The minimum atomic E-state index is 0.00563. The monoisotopic (exact) mass is 365 g/mol. The van der Waals surface area contributed by atoms with Crippen LogP contribution < -0.4 is 9.77 Å². The first kappa shape index (κ1) is 17.0. The highest BCUT2D eigenvalue weighted by Crippen LogP contribution is 2.21. The molecule has 0 N–H and O–H groups in total. The Morgan fingerprint density at radius 1 is 1.25 bits per heavy atom. The summed E-state index contributed by atoms with van der Waals surface area (Å²) in [7, 11) is 0. The van der Waals surface area contributed by atoms with Crippen LogP contribution in [0.15, 0.2) is 34.4 Å². The highest BCUT2D eigenvalue weighted by atomic mass is 35.5. The first-order valence-electron chi connectivity index (χ1n) is 7.98. The maximum atomic E-state index is 12.4. The molecule has 128 valence electrons. The number of hydrogen-bond acceptors (Lipinski definition) is 4. The second-order valence-corrected chi connectivity index (χ2v) is 7.15. The fourth-order valence-corrected chi connectivity index (χ4v) is 3.87. The Kier molecular flexibility index (Phi) is 5.26. The standard InChI is InChI=1S/C17H20ClN3O2S/c1-13-12-24-17(23)21(13)6-5-16(22)20-9-7-19(8-10-20)15-4-2-3-14(18)11-15/h2-4,11-12H,5-10H2,1H3. The number of halogens is 1. The molecule has 0 aliphatic carbocycles. The summed E-state index contributed by atoms with van der Waals surface area (Å²) in [5, 5.41) is 2.55. The molecule has 2 aromatic rings. The molecule has 0 radical (unpaired) electrons. The Bertz CT molecular complexity index is 778. The van der Waals surface area contributed by atoms with Crippen LogP contribution in [-0.2, 0) is 11.3 Å². The van der Waals surface area contributed by atoms with Crippen LogP contribution in [0.1, 0.15) is 12.1 Å². The van der Waals surface area contributed by atoms with Crippen molar-refractivity contribution in [3.8, 4) is 0 Å². The summed E-state index contributed by atoms with van der Waals surface area (Å²) >= 11 is 7.22. The molecular weight excluding hydrogens is 346 g/mol. The smallest absolute Gasteiger partial charge is 0.307 e. The molecule has 2 heterocycles. The third kappa shape index (κ3) is 3.82. The molecule has 1 aliphatic rings. The van der Waals surface area contributed by atoms with E-state index >= 15 is 0 Å². The zero-order chi connectivity index (χ0) is 17.1. The van der Waals surface area contributed by atoms with Gasteiger partial charge in [0.1, 0.15) is 0 Å². The van der Waals surface area contributed by atoms with Crippen LogP contribution in [0.5, 0.6) is 0 Å². The van der Waals surface area contributed by atoms with Crippen molar-refractivity contribution in [1.29, 1.82) is 0 Å². The third-order valence-corrected chi connectivity index (χ3v) is 5.45. The van der Waals surface area contributed by atoms with E-state index in [-0.39, 0.29) is 10.8 Å². The van der Waals surface area contributed by atoms with E-state index in [0.717, 1.165) is 29.5 Å². The lowest BCUT2D eigenvalue weighted by Crippen LogP contribution is -2.49. The Hall–Kier alpha value is -1.79. The summed E-state index contributed by atoms with van der Waals surface area (Å²) in [6.07, 6.45) is 0.370. The van der Waals surface area contributed by atoms with Gasteiger partial charge < -0.3 is 14.4 Å². The number of carbonyl (C=O) groups is 1. The van der Waals surface area contributed by atoms with Crippen LogP contribution >= 0.6 is 22.9 Å². The van der Waals surface area contributed by atoms with Gasteiger partial charge in [0.25, 0.3) is 0 Å². The van der Waals surface area contributed by atoms with Crippen LogP contribution in [0.2, 0.25) is 5.02 Å². The number of piperazine rings is 1. The third-order valence-electron chi connectivity index (χ3n) is 4.33. The molecule has 1 amide bonds. The number of rotatable bonds is 4. The van der Waals surface area contributed by atoms with Gasteiger partial charge in [0.2, 0.25) is 5.91 Å². The minimum Gasteiger partial charge on any atom is -0.368 e. The predicted octanol–water partition coefficient (Wildman–Crippen LogP) is 2.61. The number of benzene rings is 1. The van der Waals surface area contributed by atoms with Crippen LogP contribution in [0.3, 0.4) is 0 Å². The van der Waals surface area contributed by atoms with Crippen molar-refractivity contribution in [2.45, 2.75) is 19.9 Å². The molecule has 1 saturated heterocycles. The fourth-order valence-electron chi connectivity index (χ4n) is 2.93. The van der Waals surface area contributed by atoms with Crippen molar-refractivity contribution < 1.29 is 4.79 Å². The lowest BCUT2D eigenvalue weighted by atomic mass is 10.2. The number of aromatic nitrogens is 1. The van der Waals surface area contributed by atoms with Crippen molar-refractivity contribution in [3.63, 3.8) is 0 Å². The average Bonchev–Trinajstić information content (AvgIpc) is 2.91. The van der Waals surface area contributed by atoms with E-state index in [0.29, 0.717) is 26.1 Å². The van der Waals surface area contributed by atoms with Crippen LogP contribution in [0, 0.1) is 6.92 Å². The molecule has 0 unspecified atom stereocenters. The highest BCUT2D eigenvalue weighted by molar-refractivity contribution is 7.07. The van der Waals surface area contributed by atoms with Crippen molar-refractivity contribution in [1.82, 2.24) is 9.47 Å². The molecule has 24 heavy (non-hydrogen) atoms. The second kappa shape index (κ2) is 7.40. The molecule has 0 saturated carbocycles. The number of anilines is 1. The number of carbonyl (C=O) groups excluding carboxylic acids is 1. The maximum Gasteiger partial charge on any atom is 0.307 e. The van der Waals surface area contributed by atoms with Crippen LogP contribution in [0.25, 0.3) is 0 Å². The largest absolute Gasteiger partial charge is 0.368 e. The fraction of sp³-hybridized carbons (Fsp3) is 0.412. The highest BCUT2D eigenvalue weighted by Gasteiger charge is 2.21. The van der Waals surface area contributed by atoms with Crippen LogP contribution in [0.4, 0.5) is 5.69 Å². The molecule has 1 aromatic heterocycles. The Morgan fingerprint density at radius 3 is 2.62 bits per heavy atom. The zero-order valence-corrected chi connectivity index (χ0v) is 15.1. The number of aryl methyl sites for hydroxylation is 1. The lowest BCUT2D eigenvalue weighted by molar-refractivity contribution is -0.131. The quantitative estimate of drug-likeness (QED) is 0.836. The van der Waals surface area contributed by atoms with E-state index < -0.39 is 0 Å². The summed E-state index contributed by atoms with van der Waals surface area (Å²) in [6.45, 7) is 5.34. The Morgan fingerprint density at radius 2 is 2.00 bits per heavy atom. The molecule has 3 rings (SSSR count). The van der Waals surface area contributed by atoms with Gasteiger partial charge in [-0.05, 0) is 25.1 Å². The minimum absolute atomic E-state index is 0.00563. The van der Waals surface area contributed by atoms with Crippen molar-refractivity contribution in [2.24, 2.45) is 0 Å². The molecule has 1 aliphatic heterocycles. The van der Waals surface area contributed by atoms with E-state index in [2.05, 4.69) is 4.90 Å². The Labute approximate surface area is 150 Å². The molecule has 0 atom stereocenters. The van der Waals surface area contributed by atoms with Gasteiger partial charge in [-0.25, -0.2) is 0 Å². The molecule has 0 spiro atoms. The average molecular weight is 366 g/mol. The molecule has 7 heteroatoms. The predicted molar refractivity (Wildman–Crippen MR) is 98.2 cm³/mol. The number of thiazole rings is 1. The number of hydrogen-bond donors (Lipinski definition) is 0. The van der Waals surface area contributed by atoms with Gasteiger partial charge in [-0.2, -0.15) is 0 Å². The summed E-state index contributed by atoms with van der Waals surface area (Å²) < 4.78 is 1.67. The zero-order valence-electron chi connectivity index (χ0n) is 13.6. The van der Waals surface area contributed by atoms with Gasteiger partial charge in [0, 0.05) is 60.9 Å². The topological polar surface area (TPSA) is 45.6 Å². The summed E-state index contributed by atoms with van der Waals surface area (Å²) in [5.74, 6) is 0.109. The van der Waals surface area contributed by atoms with Gasteiger partial charge in [0.05, 0.1) is 0 Å². The summed E-state index contributed by atoms with van der Waals surface area (Å²) in [5.41, 5.74) is 2.01. The van der Waals surface area contributed by atoms with Crippen molar-refractivity contribution >= 4 is 34.5 Å². The van der Waals surface area contributed by atoms with E-state index in [4.69, 9.17) is 11.6 Å². The first-order chi connectivity index (χ1) is 11.5. The summed E-state index contributed by atoms with van der Waals surface area (Å²) in [4.78, 5) is 28.2. The van der Waals surface area contributed by atoms with Crippen molar-refractivity contribution in [2.75, 3.05) is 31.1 Å². The Balaban J connectivity index is 1.53. The number of nitrogens with zero attached hydrogens (tertiary/aromatic N) is 3. The van der Waals surface area contributed by atoms with E-state index in [1.54, 1.807) is 4.57 Å². The maximum absolute atomic E-state index is 12.4. The normalized spacial score (nSPS) is 14.9. The van der Waals surface area contributed by atoms with Crippen LogP contribution in [-0.4, -0.2) is 41.6 Å². The van der Waals surface area contributed by atoms with Gasteiger partial charge in [-0.15, -0.1) is 0 Å². The molecule has 5 nitrogen and oxygen atoms in total. The van der Waals surface area contributed by atoms with Gasteiger partial charge >= 0.3 is 4.87 Å². The number of amides is 1. The molecular formula is C17H20ClN3O2S. The molecule has 0 bridgehead atoms. The first-order valence-corrected chi connectivity index (χ1v) is 9.23. The summed E-state index contributed by atoms with van der Waals surface area (Å²) in [6, 6.07) is 7.79. The van der Waals surface area contributed by atoms with E-state index in [1.807, 2.05) is 41.5 Å². The van der Waals surface area contributed by atoms with E-state index in [9.17, 15) is 9.59 Å². The SMILES string of the molecule is Cc1csc(=O)n1CCC(=O)N1CCN(c2cccc(Cl)c2)CC1. The van der Waals surface area contributed by atoms with Crippen molar-refractivity contribution in [3.05, 3.63) is 50.0 Å².